The van der Waals surface area contributed by atoms with E-state index in [1.807, 2.05) is 6.07 Å². The lowest BCUT2D eigenvalue weighted by atomic mass is 10.1. The van der Waals surface area contributed by atoms with Gasteiger partial charge in [-0.1, -0.05) is 23.2 Å². The molecule has 0 aliphatic carbocycles. The van der Waals surface area contributed by atoms with Gasteiger partial charge in [0.2, 0.25) is 0 Å². The number of nitrogens with one attached hydrogen (secondary N) is 1. The number of carboxylic acids is 1. The Hall–Kier alpha value is -2.73. The van der Waals surface area contributed by atoms with Crippen molar-refractivity contribution in [3.8, 4) is 17.6 Å². The van der Waals surface area contributed by atoms with Gasteiger partial charge in [0.15, 0.2) is 18.1 Å². The summed E-state index contributed by atoms with van der Waals surface area (Å²) >= 11 is 15.1. The number of hydrogen-bond donors (Lipinski definition) is 2. The fraction of sp³-hybridized carbons (Fsp3) is 0.150. The van der Waals surface area contributed by atoms with Crippen molar-refractivity contribution in [3.63, 3.8) is 0 Å². The molecule has 0 unspecified atom stereocenters. The van der Waals surface area contributed by atoms with Crippen molar-refractivity contribution in [1.82, 2.24) is 0 Å². The molecule has 0 radical (unpaired) electrons. The summed E-state index contributed by atoms with van der Waals surface area (Å²) in [5.74, 6) is -1.31. The number of carbonyl (C=O) groups is 2. The Labute approximate surface area is 190 Å². The molecule has 10 heteroatoms. The van der Waals surface area contributed by atoms with Crippen molar-refractivity contribution >= 4 is 62.8 Å². The maximum atomic E-state index is 12.5. The summed E-state index contributed by atoms with van der Waals surface area (Å²) in [4.78, 5) is 23.3. The zero-order valence-electron chi connectivity index (χ0n) is 15.5. The molecule has 2 aromatic rings. The van der Waals surface area contributed by atoms with Crippen molar-refractivity contribution in [2.24, 2.45) is 0 Å². The number of amides is 1. The molecule has 0 aliphatic heterocycles. The number of carboxylic acid groups (broad SMARTS) is 1. The van der Waals surface area contributed by atoms with Gasteiger partial charge in [-0.15, -0.1) is 0 Å². The molecule has 0 bridgehead atoms. The van der Waals surface area contributed by atoms with Crippen molar-refractivity contribution in [2.75, 3.05) is 18.5 Å². The Morgan fingerprint density at radius 1 is 1.23 bits per heavy atom. The largest absolute Gasteiger partial charge is 0.490 e. The van der Waals surface area contributed by atoms with Crippen molar-refractivity contribution in [3.05, 3.63) is 56.0 Å². The summed E-state index contributed by atoms with van der Waals surface area (Å²) in [5, 5.41) is 21.4. The van der Waals surface area contributed by atoms with E-state index >= 15 is 0 Å². The first kappa shape index (κ1) is 23.5. The van der Waals surface area contributed by atoms with Crippen LogP contribution in [0.2, 0.25) is 10.0 Å². The summed E-state index contributed by atoms with van der Waals surface area (Å²) in [5.41, 5.74) is 0.674. The molecule has 0 fully saturated rings. The standard InChI is InChI=1S/C20H15BrCl2N2O5/c1-2-29-17-7-11(6-14(21)19(17)30-10-18(26)27)5-12(9-24)20(28)25-13-3-4-15(22)16(23)8-13/h3-8H,2,10H2,1H3,(H,25,28)(H,26,27)/b12-5+. The van der Waals surface area contributed by atoms with Crippen LogP contribution in [-0.2, 0) is 9.59 Å². The maximum Gasteiger partial charge on any atom is 0.341 e. The van der Waals surface area contributed by atoms with Gasteiger partial charge in [0.25, 0.3) is 5.91 Å². The van der Waals surface area contributed by atoms with Crippen LogP contribution in [0.1, 0.15) is 12.5 Å². The van der Waals surface area contributed by atoms with E-state index in [2.05, 4.69) is 21.2 Å². The SMILES string of the molecule is CCOc1cc(/C=C(\C#N)C(=O)Nc2ccc(Cl)c(Cl)c2)cc(Br)c1OCC(=O)O. The summed E-state index contributed by atoms with van der Waals surface area (Å²) < 4.78 is 11.2. The molecule has 0 saturated heterocycles. The van der Waals surface area contributed by atoms with Crippen LogP contribution >= 0.6 is 39.1 Å². The third-order valence-corrected chi connectivity index (χ3v) is 4.85. The van der Waals surface area contributed by atoms with Crippen molar-refractivity contribution in [1.29, 1.82) is 5.26 Å². The maximum absolute atomic E-state index is 12.5. The molecular formula is C20H15BrCl2N2O5. The Kier molecular flexibility index (Phi) is 8.54. The summed E-state index contributed by atoms with van der Waals surface area (Å²) in [6.07, 6.45) is 1.36. The van der Waals surface area contributed by atoms with Crippen molar-refractivity contribution < 1.29 is 24.2 Å². The van der Waals surface area contributed by atoms with Gasteiger partial charge in [0.1, 0.15) is 11.6 Å². The minimum atomic E-state index is -1.14. The minimum Gasteiger partial charge on any atom is -0.490 e. The molecule has 0 heterocycles. The first-order valence-corrected chi connectivity index (χ1v) is 9.99. The van der Waals surface area contributed by atoms with E-state index in [0.29, 0.717) is 27.4 Å². The lowest BCUT2D eigenvalue weighted by molar-refractivity contribution is -0.139. The number of rotatable bonds is 8. The quantitative estimate of drug-likeness (QED) is 0.372. The van der Waals surface area contributed by atoms with Gasteiger partial charge < -0.3 is 19.9 Å². The molecule has 30 heavy (non-hydrogen) atoms. The first-order valence-electron chi connectivity index (χ1n) is 8.44. The molecule has 7 nitrogen and oxygen atoms in total. The second-order valence-electron chi connectivity index (χ2n) is 5.70. The van der Waals surface area contributed by atoms with E-state index in [-0.39, 0.29) is 22.1 Å². The molecule has 2 aromatic carbocycles. The van der Waals surface area contributed by atoms with E-state index in [1.54, 1.807) is 19.1 Å². The van der Waals surface area contributed by atoms with E-state index in [9.17, 15) is 14.9 Å². The molecule has 0 atom stereocenters. The number of nitrogens with zero attached hydrogens (tertiary/aromatic N) is 1. The minimum absolute atomic E-state index is 0.172. The van der Waals surface area contributed by atoms with Crippen LogP contribution in [0.4, 0.5) is 5.69 Å². The topological polar surface area (TPSA) is 109 Å². The smallest absolute Gasteiger partial charge is 0.341 e. The van der Waals surface area contributed by atoms with Gasteiger partial charge in [-0.25, -0.2) is 4.79 Å². The van der Waals surface area contributed by atoms with Crippen LogP contribution < -0.4 is 14.8 Å². The lowest BCUT2D eigenvalue weighted by Crippen LogP contribution is -2.13. The number of benzene rings is 2. The number of halogens is 3. The van der Waals surface area contributed by atoms with Gasteiger partial charge in [-0.3, -0.25) is 4.79 Å². The summed E-state index contributed by atoms with van der Waals surface area (Å²) in [6.45, 7) is 1.50. The van der Waals surface area contributed by atoms with Gasteiger partial charge in [-0.05, 0) is 64.8 Å². The van der Waals surface area contributed by atoms with Gasteiger partial charge >= 0.3 is 5.97 Å². The molecule has 2 rings (SSSR count). The number of anilines is 1. The average molecular weight is 514 g/mol. The predicted molar refractivity (Wildman–Crippen MR) is 117 cm³/mol. The molecule has 0 saturated carbocycles. The summed E-state index contributed by atoms with van der Waals surface area (Å²) in [7, 11) is 0. The zero-order valence-corrected chi connectivity index (χ0v) is 18.6. The highest BCUT2D eigenvalue weighted by atomic mass is 79.9. The third kappa shape index (κ3) is 6.39. The third-order valence-electron chi connectivity index (χ3n) is 3.53. The highest BCUT2D eigenvalue weighted by molar-refractivity contribution is 9.10. The Morgan fingerprint density at radius 3 is 2.57 bits per heavy atom. The number of hydrogen-bond acceptors (Lipinski definition) is 5. The molecule has 2 N–H and O–H groups in total. The normalized spacial score (nSPS) is 10.8. The summed E-state index contributed by atoms with van der Waals surface area (Å²) in [6, 6.07) is 9.50. The average Bonchev–Trinajstić information content (AvgIpc) is 2.68. The molecule has 0 aromatic heterocycles. The van der Waals surface area contributed by atoms with E-state index < -0.39 is 18.5 Å². The fourth-order valence-corrected chi connectivity index (χ4v) is 3.17. The van der Waals surface area contributed by atoms with Gasteiger partial charge in [0, 0.05) is 5.69 Å². The molecule has 1 amide bonds. The highest BCUT2D eigenvalue weighted by Crippen LogP contribution is 2.37. The number of ether oxygens (including phenoxy) is 2. The van der Waals surface area contributed by atoms with Crippen LogP contribution in [0.25, 0.3) is 6.08 Å². The highest BCUT2D eigenvalue weighted by Gasteiger charge is 2.15. The zero-order chi connectivity index (χ0) is 22.3. The molecular weight excluding hydrogens is 499 g/mol. The van der Waals surface area contributed by atoms with Gasteiger partial charge in [0.05, 0.1) is 21.1 Å². The van der Waals surface area contributed by atoms with Crippen LogP contribution in [0.3, 0.4) is 0 Å². The predicted octanol–water partition coefficient (Wildman–Crippen LogP) is 5.16. The Morgan fingerprint density at radius 2 is 1.97 bits per heavy atom. The number of carbonyl (C=O) groups excluding carboxylic acids is 1. The van der Waals surface area contributed by atoms with Crippen LogP contribution in [-0.4, -0.2) is 30.2 Å². The molecule has 0 spiro atoms. The molecule has 0 aliphatic rings. The number of aliphatic carboxylic acids is 1. The Bertz CT molecular complexity index is 1050. The first-order chi connectivity index (χ1) is 14.2. The second-order valence-corrected chi connectivity index (χ2v) is 7.37. The van der Waals surface area contributed by atoms with E-state index in [1.165, 1.54) is 24.3 Å². The molecule has 156 valence electrons. The van der Waals surface area contributed by atoms with Crippen LogP contribution in [0.15, 0.2) is 40.4 Å². The van der Waals surface area contributed by atoms with Crippen molar-refractivity contribution in [2.45, 2.75) is 6.92 Å². The van der Waals surface area contributed by atoms with Crippen LogP contribution in [0, 0.1) is 11.3 Å². The Balaban J connectivity index is 2.33. The number of nitriles is 1. The van der Waals surface area contributed by atoms with E-state index in [4.69, 9.17) is 37.8 Å². The lowest BCUT2D eigenvalue weighted by Gasteiger charge is -2.13. The second kappa shape index (κ2) is 10.9. The van der Waals surface area contributed by atoms with Crippen LogP contribution in [0.5, 0.6) is 11.5 Å². The monoisotopic (exact) mass is 512 g/mol. The van der Waals surface area contributed by atoms with Gasteiger partial charge in [-0.2, -0.15) is 5.26 Å². The fourth-order valence-electron chi connectivity index (χ4n) is 2.30. The van der Waals surface area contributed by atoms with E-state index in [0.717, 1.165) is 0 Å².